The molecule has 1 aliphatic heterocycles. The first-order valence-corrected chi connectivity index (χ1v) is 6.36. The molecule has 0 radical (unpaired) electrons. The maximum atomic E-state index is 11.7. The standard InChI is InChI=1S/C11H12ClNOS/c12-8-3-5-9(6-4-8)13-11(14)10-2-1-7-15-10/h3-6,10H,1-2,7H2,(H,13,14). The van der Waals surface area contributed by atoms with Crippen LogP contribution in [0.4, 0.5) is 5.69 Å². The normalized spacial score (nSPS) is 20.2. The molecule has 1 fully saturated rings. The number of amides is 1. The zero-order chi connectivity index (χ0) is 10.7. The van der Waals surface area contributed by atoms with Crippen LogP contribution < -0.4 is 5.32 Å². The molecule has 80 valence electrons. The molecule has 1 saturated heterocycles. The number of hydrogen-bond donors (Lipinski definition) is 1. The van der Waals surface area contributed by atoms with Gasteiger partial charge in [0.1, 0.15) is 0 Å². The minimum Gasteiger partial charge on any atom is -0.325 e. The SMILES string of the molecule is O=C(Nc1ccc(Cl)cc1)C1CCCS1. The van der Waals surface area contributed by atoms with Crippen molar-refractivity contribution in [2.45, 2.75) is 18.1 Å². The number of anilines is 1. The second-order valence-corrected chi connectivity index (χ2v) is 5.24. The van der Waals surface area contributed by atoms with Gasteiger partial charge in [-0.25, -0.2) is 0 Å². The monoisotopic (exact) mass is 241 g/mol. The van der Waals surface area contributed by atoms with Crippen molar-refractivity contribution in [1.82, 2.24) is 0 Å². The summed E-state index contributed by atoms with van der Waals surface area (Å²) in [6, 6.07) is 7.19. The second-order valence-electron chi connectivity index (χ2n) is 3.50. The van der Waals surface area contributed by atoms with Crippen LogP contribution in [0.3, 0.4) is 0 Å². The molecule has 15 heavy (non-hydrogen) atoms. The summed E-state index contributed by atoms with van der Waals surface area (Å²) in [5.41, 5.74) is 0.817. The highest BCUT2D eigenvalue weighted by atomic mass is 35.5. The summed E-state index contributed by atoms with van der Waals surface area (Å²) in [6.45, 7) is 0. The quantitative estimate of drug-likeness (QED) is 0.862. The molecule has 0 bridgehead atoms. The lowest BCUT2D eigenvalue weighted by Gasteiger charge is -2.09. The first-order chi connectivity index (χ1) is 7.25. The number of hydrogen-bond acceptors (Lipinski definition) is 2. The van der Waals surface area contributed by atoms with E-state index in [1.165, 1.54) is 0 Å². The van der Waals surface area contributed by atoms with Gasteiger partial charge in [0.15, 0.2) is 0 Å². The summed E-state index contributed by atoms with van der Waals surface area (Å²) in [5.74, 6) is 1.21. The predicted octanol–water partition coefficient (Wildman–Crippen LogP) is 3.17. The average Bonchev–Trinajstić information content (AvgIpc) is 2.74. The van der Waals surface area contributed by atoms with Crippen molar-refractivity contribution in [3.63, 3.8) is 0 Å². The largest absolute Gasteiger partial charge is 0.325 e. The smallest absolute Gasteiger partial charge is 0.237 e. The van der Waals surface area contributed by atoms with Crippen molar-refractivity contribution in [2.24, 2.45) is 0 Å². The third kappa shape index (κ3) is 2.89. The highest BCUT2D eigenvalue weighted by Gasteiger charge is 2.23. The molecule has 2 nitrogen and oxygen atoms in total. The van der Waals surface area contributed by atoms with Gasteiger partial charge in [-0.1, -0.05) is 11.6 Å². The van der Waals surface area contributed by atoms with E-state index in [4.69, 9.17) is 11.6 Å². The van der Waals surface area contributed by atoms with Gasteiger partial charge in [0.2, 0.25) is 5.91 Å². The molecule has 1 aromatic carbocycles. The lowest BCUT2D eigenvalue weighted by atomic mass is 10.2. The summed E-state index contributed by atoms with van der Waals surface area (Å²) < 4.78 is 0. The Hall–Kier alpha value is -0.670. The van der Waals surface area contributed by atoms with Crippen LogP contribution in [-0.4, -0.2) is 16.9 Å². The number of nitrogens with one attached hydrogen (secondary N) is 1. The predicted molar refractivity (Wildman–Crippen MR) is 65.6 cm³/mol. The summed E-state index contributed by atoms with van der Waals surface area (Å²) in [6.07, 6.45) is 2.13. The van der Waals surface area contributed by atoms with Gasteiger partial charge < -0.3 is 5.32 Å². The zero-order valence-electron chi connectivity index (χ0n) is 8.20. The van der Waals surface area contributed by atoms with E-state index in [1.807, 2.05) is 12.1 Å². The Kier molecular flexibility index (Phi) is 3.54. The van der Waals surface area contributed by atoms with E-state index >= 15 is 0 Å². The molecule has 1 N–H and O–H groups in total. The highest BCUT2D eigenvalue weighted by Crippen LogP contribution is 2.27. The summed E-state index contributed by atoms with van der Waals surface area (Å²) in [7, 11) is 0. The fourth-order valence-electron chi connectivity index (χ4n) is 1.54. The van der Waals surface area contributed by atoms with Gasteiger partial charge in [-0.15, -0.1) is 11.8 Å². The molecule has 1 aromatic rings. The Bertz CT molecular complexity index is 346. The number of halogens is 1. The molecule has 0 aromatic heterocycles. The molecule has 1 aliphatic rings. The van der Waals surface area contributed by atoms with Crippen LogP contribution in [0.25, 0.3) is 0 Å². The molecule has 1 heterocycles. The Morgan fingerprint density at radius 1 is 1.40 bits per heavy atom. The van der Waals surface area contributed by atoms with Crippen LogP contribution in [-0.2, 0) is 4.79 Å². The van der Waals surface area contributed by atoms with Gasteiger partial charge in [-0.3, -0.25) is 4.79 Å². The van der Waals surface area contributed by atoms with Gasteiger partial charge in [0.25, 0.3) is 0 Å². The van der Waals surface area contributed by atoms with Gasteiger partial charge in [-0.2, -0.15) is 0 Å². The van der Waals surface area contributed by atoms with E-state index < -0.39 is 0 Å². The van der Waals surface area contributed by atoms with Crippen LogP contribution in [0.15, 0.2) is 24.3 Å². The first-order valence-electron chi connectivity index (χ1n) is 4.94. The maximum Gasteiger partial charge on any atom is 0.237 e. The molecular weight excluding hydrogens is 230 g/mol. The fraction of sp³-hybridized carbons (Fsp3) is 0.364. The van der Waals surface area contributed by atoms with Crippen molar-refractivity contribution in [3.05, 3.63) is 29.3 Å². The summed E-state index contributed by atoms with van der Waals surface area (Å²) in [5, 5.41) is 3.70. The van der Waals surface area contributed by atoms with Crippen LogP contribution in [0.2, 0.25) is 5.02 Å². The van der Waals surface area contributed by atoms with Gasteiger partial charge in [-0.05, 0) is 42.9 Å². The van der Waals surface area contributed by atoms with Gasteiger partial charge in [0.05, 0.1) is 5.25 Å². The van der Waals surface area contributed by atoms with Crippen LogP contribution in [0.5, 0.6) is 0 Å². The van der Waals surface area contributed by atoms with Crippen molar-refractivity contribution in [1.29, 1.82) is 0 Å². The number of carbonyl (C=O) groups excluding carboxylic acids is 1. The molecule has 2 rings (SSSR count). The first kappa shape index (κ1) is 10.8. The summed E-state index contributed by atoms with van der Waals surface area (Å²) >= 11 is 7.49. The number of thioether (sulfide) groups is 1. The van der Waals surface area contributed by atoms with Crippen LogP contribution in [0, 0.1) is 0 Å². The Morgan fingerprint density at radius 2 is 2.13 bits per heavy atom. The Balaban J connectivity index is 1.96. The van der Waals surface area contributed by atoms with Crippen LogP contribution >= 0.6 is 23.4 Å². The molecule has 0 spiro atoms. The molecule has 4 heteroatoms. The Labute approximate surface area is 98.4 Å². The third-order valence-corrected chi connectivity index (χ3v) is 3.96. The van der Waals surface area contributed by atoms with Gasteiger partial charge >= 0.3 is 0 Å². The van der Waals surface area contributed by atoms with E-state index in [0.29, 0.717) is 5.02 Å². The van der Waals surface area contributed by atoms with Crippen LogP contribution in [0.1, 0.15) is 12.8 Å². The molecular formula is C11H12ClNOS. The Morgan fingerprint density at radius 3 is 2.73 bits per heavy atom. The number of carbonyl (C=O) groups is 1. The highest BCUT2D eigenvalue weighted by molar-refractivity contribution is 8.00. The lowest BCUT2D eigenvalue weighted by Crippen LogP contribution is -2.22. The molecule has 1 atom stereocenters. The van der Waals surface area contributed by atoms with Crippen molar-refractivity contribution in [2.75, 3.05) is 11.1 Å². The van der Waals surface area contributed by atoms with Gasteiger partial charge in [0, 0.05) is 10.7 Å². The minimum absolute atomic E-state index is 0.111. The molecule has 1 unspecified atom stereocenters. The molecule has 0 aliphatic carbocycles. The minimum atomic E-state index is 0.111. The molecule has 0 saturated carbocycles. The zero-order valence-corrected chi connectivity index (χ0v) is 9.77. The van der Waals surface area contributed by atoms with Crippen molar-refractivity contribution >= 4 is 35.0 Å². The van der Waals surface area contributed by atoms with Crippen molar-refractivity contribution in [3.8, 4) is 0 Å². The fourth-order valence-corrected chi connectivity index (χ4v) is 2.83. The van der Waals surface area contributed by atoms with Crippen molar-refractivity contribution < 1.29 is 4.79 Å². The average molecular weight is 242 g/mol. The maximum absolute atomic E-state index is 11.7. The van der Waals surface area contributed by atoms with E-state index in [-0.39, 0.29) is 11.2 Å². The second kappa shape index (κ2) is 4.90. The lowest BCUT2D eigenvalue weighted by molar-refractivity contribution is -0.115. The third-order valence-electron chi connectivity index (χ3n) is 2.33. The number of benzene rings is 1. The van der Waals surface area contributed by atoms with E-state index in [9.17, 15) is 4.79 Å². The topological polar surface area (TPSA) is 29.1 Å². The van der Waals surface area contributed by atoms with E-state index in [1.54, 1.807) is 23.9 Å². The van der Waals surface area contributed by atoms with E-state index in [2.05, 4.69) is 5.32 Å². The summed E-state index contributed by atoms with van der Waals surface area (Å²) in [4.78, 5) is 11.7. The van der Waals surface area contributed by atoms with E-state index in [0.717, 1.165) is 24.3 Å². The molecule has 1 amide bonds. The number of rotatable bonds is 2.